The zero-order valence-corrected chi connectivity index (χ0v) is 11.7. The summed E-state index contributed by atoms with van der Waals surface area (Å²) in [5, 5.41) is 0. The number of hydrogen-bond acceptors (Lipinski definition) is 3. The minimum absolute atomic E-state index is 0.253. The second kappa shape index (κ2) is 5.48. The summed E-state index contributed by atoms with van der Waals surface area (Å²) in [6.45, 7) is 6.33. The number of nitrogens with zero attached hydrogens (tertiary/aromatic N) is 1. The van der Waals surface area contributed by atoms with E-state index in [1.807, 2.05) is 0 Å². The number of morpholine rings is 1. The van der Waals surface area contributed by atoms with Crippen LogP contribution in [0.3, 0.4) is 0 Å². The van der Waals surface area contributed by atoms with Crippen molar-refractivity contribution in [3.8, 4) is 0 Å². The highest BCUT2D eigenvalue weighted by atomic mass is 16.5. The van der Waals surface area contributed by atoms with E-state index in [4.69, 9.17) is 10.5 Å². The molecule has 0 spiro atoms. The lowest BCUT2D eigenvalue weighted by Gasteiger charge is -2.36. The van der Waals surface area contributed by atoms with E-state index in [2.05, 4.69) is 11.8 Å². The van der Waals surface area contributed by atoms with Crippen LogP contribution in [0.5, 0.6) is 0 Å². The third kappa shape index (κ3) is 2.59. The van der Waals surface area contributed by atoms with Crippen LogP contribution in [-0.4, -0.2) is 43.3 Å². The van der Waals surface area contributed by atoms with E-state index in [0.29, 0.717) is 0 Å². The van der Waals surface area contributed by atoms with Crippen LogP contribution in [0.2, 0.25) is 0 Å². The van der Waals surface area contributed by atoms with Crippen molar-refractivity contribution in [1.82, 2.24) is 4.90 Å². The van der Waals surface area contributed by atoms with Gasteiger partial charge in [-0.05, 0) is 50.0 Å². The lowest BCUT2D eigenvalue weighted by Crippen LogP contribution is -2.51. The molecule has 1 heterocycles. The highest BCUT2D eigenvalue weighted by Gasteiger charge is 2.40. The fourth-order valence-corrected chi connectivity index (χ4v) is 4.44. The summed E-state index contributed by atoms with van der Waals surface area (Å²) in [4.78, 5) is 2.47. The number of nitrogens with two attached hydrogens (primary N) is 1. The van der Waals surface area contributed by atoms with E-state index in [1.165, 1.54) is 32.1 Å². The van der Waals surface area contributed by atoms with Gasteiger partial charge in [0.25, 0.3) is 0 Å². The van der Waals surface area contributed by atoms with Crippen LogP contribution < -0.4 is 5.73 Å². The molecule has 3 heteroatoms. The molecule has 0 radical (unpaired) electrons. The Labute approximate surface area is 111 Å². The third-order valence-electron chi connectivity index (χ3n) is 5.56. The van der Waals surface area contributed by atoms with Crippen molar-refractivity contribution in [1.29, 1.82) is 0 Å². The molecule has 3 nitrogen and oxygen atoms in total. The first-order valence-electron chi connectivity index (χ1n) is 7.85. The maximum atomic E-state index is 6.43. The highest BCUT2D eigenvalue weighted by Crippen LogP contribution is 2.49. The highest BCUT2D eigenvalue weighted by molar-refractivity contribution is 4.93. The van der Waals surface area contributed by atoms with Gasteiger partial charge in [-0.15, -0.1) is 0 Å². The van der Waals surface area contributed by atoms with Crippen LogP contribution in [0.4, 0.5) is 0 Å². The zero-order chi connectivity index (χ0) is 12.5. The molecule has 0 aromatic rings. The first-order valence-corrected chi connectivity index (χ1v) is 7.85. The van der Waals surface area contributed by atoms with Crippen molar-refractivity contribution in [2.24, 2.45) is 23.5 Å². The van der Waals surface area contributed by atoms with Gasteiger partial charge in [-0.1, -0.05) is 13.3 Å². The normalized spacial score (nSPS) is 42.3. The first kappa shape index (κ1) is 12.9. The van der Waals surface area contributed by atoms with Crippen LogP contribution >= 0.6 is 0 Å². The van der Waals surface area contributed by atoms with Crippen molar-refractivity contribution in [2.75, 3.05) is 26.2 Å². The standard InChI is InChI=1S/C15H28N2O/c1-2-17-5-6-18-15(10-17)14(16)9-13-8-11-3-4-12(13)7-11/h11-15H,2-10,16H2,1H3. The van der Waals surface area contributed by atoms with E-state index in [0.717, 1.165) is 44.0 Å². The van der Waals surface area contributed by atoms with Crippen LogP contribution in [0.1, 0.15) is 39.0 Å². The van der Waals surface area contributed by atoms with Gasteiger partial charge in [-0.2, -0.15) is 0 Å². The Morgan fingerprint density at radius 1 is 1.33 bits per heavy atom. The fourth-order valence-electron chi connectivity index (χ4n) is 4.44. The SMILES string of the molecule is CCN1CCOC(C(N)CC2CC3CCC2C3)C1. The smallest absolute Gasteiger partial charge is 0.0853 e. The quantitative estimate of drug-likeness (QED) is 0.830. The molecule has 18 heavy (non-hydrogen) atoms. The van der Waals surface area contributed by atoms with Gasteiger partial charge in [0.2, 0.25) is 0 Å². The Kier molecular flexibility index (Phi) is 3.92. The molecule has 1 aliphatic heterocycles. The summed E-state index contributed by atoms with van der Waals surface area (Å²) in [6, 6.07) is 0.253. The number of rotatable bonds is 4. The van der Waals surface area contributed by atoms with E-state index in [-0.39, 0.29) is 12.1 Å². The van der Waals surface area contributed by atoms with Crippen LogP contribution in [0.15, 0.2) is 0 Å². The first-order chi connectivity index (χ1) is 8.76. The van der Waals surface area contributed by atoms with Crippen molar-refractivity contribution in [3.05, 3.63) is 0 Å². The second-order valence-corrected chi connectivity index (χ2v) is 6.64. The van der Waals surface area contributed by atoms with E-state index >= 15 is 0 Å². The predicted molar refractivity (Wildman–Crippen MR) is 73.4 cm³/mol. The molecule has 2 bridgehead atoms. The molecule has 5 atom stereocenters. The van der Waals surface area contributed by atoms with Gasteiger partial charge in [-0.3, -0.25) is 4.90 Å². The number of ether oxygens (including phenoxy) is 1. The predicted octanol–water partition coefficient (Wildman–Crippen LogP) is 1.86. The molecule has 1 saturated heterocycles. The molecule has 3 rings (SSSR count). The Bertz CT molecular complexity index is 284. The Morgan fingerprint density at radius 3 is 2.89 bits per heavy atom. The molecule has 2 N–H and O–H groups in total. The van der Waals surface area contributed by atoms with E-state index < -0.39 is 0 Å². The number of likely N-dealkylation sites (N-methyl/N-ethyl adjacent to an activating group) is 1. The van der Waals surface area contributed by atoms with Gasteiger partial charge in [0.15, 0.2) is 0 Å². The molecule has 3 fully saturated rings. The summed E-state index contributed by atoms with van der Waals surface area (Å²) in [5.74, 6) is 2.93. The molecular formula is C15H28N2O. The Balaban J connectivity index is 1.50. The maximum absolute atomic E-state index is 6.43. The number of hydrogen-bond donors (Lipinski definition) is 1. The van der Waals surface area contributed by atoms with Crippen LogP contribution in [-0.2, 0) is 4.74 Å². The van der Waals surface area contributed by atoms with Crippen molar-refractivity contribution < 1.29 is 4.74 Å². The van der Waals surface area contributed by atoms with Gasteiger partial charge in [0, 0.05) is 19.1 Å². The lowest BCUT2D eigenvalue weighted by atomic mass is 9.83. The van der Waals surface area contributed by atoms with Crippen LogP contribution in [0.25, 0.3) is 0 Å². The van der Waals surface area contributed by atoms with Crippen molar-refractivity contribution in [2.45, 2.75) is 51.2 Å². The molecule has 0 aromatic carbocycles. The van der Waals surface area contributed by atoms with Crippen molar-refractivity contribution >= 4 is 0 Å². The summed E-state index contributed by atoms with van der Waals surface area (Å²) >= 11 is 0. The third-order valence-corrected chi connectivity index (χ3v) is 5.56. The molecule has 104 valence electrons. The maximum Gasteiger partial charge on any atom is 0.0853 e. The minimum Gasteiger partial charge on any atom is -0.374 e. The average Bonchev–Trinajstić information content (AvgIpc) is 3.01. The summed E-state index contributed by atoms with van der Waals surface area (Å²) in [7, 11) is 0. The number of fused-ring (bicyclic) bond motifs is 2. The topological polar surface area (TPSA) is 38.5 Å². The summed E-state index contributed by atoms with van der Waals surface area (Å²) < 4.78 is 5.90. The monoisotopic (exact) mass is 252 g/mol. The largest absolute Gasteiger partial charge is 0.374 e. The fraction of sp³-hybridized carbons (Fsp3) is 1.00. The van der Waals surface area contributed by atoms with Gasteiger partial charge in [-0.25, -0.2) is 0 Å². The van der Waals surface area contributed by atoms with Gasteiger partial charge >= 0.3 is 0 Å². The van der Waals surface area contributed by atoms with Crippen LogP contribution in [0, 0.1) is 17.8 Å². The average molecular weight is 252 g/mol. The molecule has 3 aliphatic rings. The molecule has 2 aliphatic carbocycles. The molecular weight excluding hydrogens is 224 g/mol. The van der Waals surface area contributed by atoms with E-state index in [9.17, 15) is 0 Å². The summed E-state index contributed by atoms with van der Waals surface area (Å²) in [6.07, 6.45) is 7.36. The van der Waals surface area contributed by atoms with Gasteiger partial charge in [0.1, 0.15) is 0 Å². The molecule has 0 amide bonds. The van der Waals surface area contributed by atoms with Crippen molar-refractivity contribution in [3.63, 3.8) is 0 Å². The molecule has 2 saturated carbocycles. The van der Waals surface area contributed by atoms with Gasteiger partial charge < -0.3 is 10.5 Å². The summed E-state index contributed by atoms with van der Waals surface area (Å²) in [5.41, 5.74) is 6.43. The Morgan fingerprint density at radius 2 is 2.22 bits per heavy atom. The zero-order valence-electron chi connectivity index (χ0n) is 11.7. The minimum atomic E-state index is 0.253. The lowest BCUT2D eigenvalue weighted by molar-refractivity contribution is -0.0430. The van der Waals surface area contributed by atoms with E-state index in [1.54, 1.807) is 0 Å². The molecule has 5 unspecified atom stereocenters. The second-order valence-electron chi connectivity index (χ2n) is 6.64. The molecule has 0 aromatic heterocycles. The Hall–Kier alpha value is -0.120. The van der Waals surface area contributed by atoms with Gasteiger partial charge in [0.05, 0.1) is 12.7 Å².